The molecule has 98 valence electrons. The van der Waals surface area contributed by atoms with Gasteiger partial charge in [-0.15, -0.1) is 0 Å². The van der Waals surface area contributed by atoms with Crippen molar-refractivity contribution < 1.29 is 9.59 Å². The van der Waals surface area contributed by atoms with Crippen molar-refractivity contribution in [2.24, 2.45) is 5.92 Å². The van der Waals surface area contributed by atoms with Gasteiger partial charge in [0.25, 0.3) is 0 Å². The van der Waals surface area contributed by atoms with Crippen LogP contribution < -0.4 is 10.6 Å². The fourth-order valence-electron chi connectivity index (χ4n) is 2.14. The molecule has 6 heteroatoms. The lowest BCUT2D eigenvalue weighted by molar-refractivity contribution is -0.126. The quantitative estimate of drug-likeness (QED) is 0.720. The number of hydrogen-bond donors (Lipinski definition) is 2. The summed E-state index contributed by atoms with van der Waals surface area (Å²) in [5.41, 5.74) is 0. The van der Waals surface area contributed by atoms with Gasteiger partial charge >= 0.3 is 0 Å². The minimum Gasteiger partial charge on any atom is -0.355 e. The second-order valence-corrected chi connectivity index (χ2v) is 4.50. The molecule has 0 fully saturated rings. The number of fused-ring (bicyclic) bond motifs is 1. The third kappa shape index (κ3) is 3.09. The highest BCUT2D eigenvalue weighted by molar-refractivity contribution is 5.79. The number of amides is 2. The molecule has 6 nitrogen and oxygen atoms in total. The number of hydrogen-bond acceptors (Lipinski definition) is 3. The first kappa shape index (κ1) is 12.6. The van der Waals surface area contributed by atoms with Crippen LogP contribution in [0.25, 0.3) is 0 Å². The average Bonchev–Trinajstić information content (AvgIpc) is 2.81. The highest BCUT2D eigenvalue weighted by Gasteiger charge is 2.24. The van der Waals surface area contributed by atoms with Crippen molar-refractivity contribution >= 4 is 11.8 Å². The monoisotopic (exact) mass is 250 g/mol. The SMILES string of the molecule is CC(=O)NCCNC(=O)C1CCn2ccnc2C1. The van der Waals surface area contributed by atoms with Gasteiger partial charge in [0.05, 0.1) is 0 Å². The Hall–Kier alpha value is -1.85. The first-order valence-corrected chi connectivity index (χ1v) is 6.19. The summed E-state index contributed by atoms with van der Waals surface area (Å²) in [5.74, 6) is 0.944. The predicted molar refractivity (Wildman–Crippen MR) is 65.7 cm³/mol. The third-order valence-electron chi connectivity index (χ3n) is 3.12. The van der Waals surface area contributed by atoms with E-state index in [1.807, 2.05) is 6.20 Å². The summed E-state index contributed by atoms with van der Waals surface area (Å²) in [7, 11) is 0. The van der Waals surface area contributed by atoms with Gasteiger partial charge in [-0.25, -0.2) is 4.98 Å². The van der Waals surface area contributed by atoms with Crippen molar-refractivity contribution in [2.45, 2.75) is 26.3 Å². The molecule has 1 atom stereocenters. The van der Waals surface area contributed by atoms with Crippen molar-refractivity contribution in [2.75, 3.05) is 13.1 Å². The molecule has 0 saturated carbocycles. The van der Waals surface area contributed by atoms with Crippen molar-refractivity contribution in [3.05, 3.63) is 18.2 Å². The van der Waals surface area contributed by atoms with Crippen LogP contribution in [0.3, 0.4) is 0 Å². The topological polar surface area (TPSA) is 76.0 Å². The van der Waals surface area contributed by atoms with E-state index < -0.39 is 0 Å². The number of carbonyl (C=O) groups excluding carboxylic acids is 2. The van der Waals surface area contributed by atoms with Crippen LogP contribution in [0.1, 0.15) is 19.2 Å². The summed E-state index contributed by atoms with van der Waals surface area (Å²) in [6, 6.07) is 0. The molecule has 2 amide bonds. The molecular weight excluding hydrogens is 232 g/mol. The summed E-state index contributed by atoms with van der Waals surface area (Å²) >= 11 is 0. The fraction of sp³-hybridized carbons (Fsp3) is 0.583. The molecule has 0 aromatic carbocycles. The van der Waals surface area contributed by atoms with Gasteiger partial charge in [0, 0.05) is 51.3 Å². The maximum Gasteiger partial charge on any atom is 0.223 e. The normalized spacial score (nSPS) is 17.9. The Morgan fingerprint density at radius 1 is 1.44 bits per heavy atom. The second kappa shape index (κ2) is 5.66. The minimum absolute atomic E-state index is 0.00257. The lowest BCUT2D eigenvalue weighted by Gasteiger charge is -2.22. The van der Waals surface area contributed by atoms with E-state index in [4.69, 9.17) is 0 Å². The summed E-state index contributed by atoms with van der Waals surface area (Å²) in [5, 5.41) is 5.49. The van der Waals surface area contributed by atoms with Crippen molar-refractivity contribution in [3.63, 3.8) is 0 Å². The largest absolute Gasteiger partial charge is 0.355 e. The minimum atomic E-state index is -0.0797. The molecule has 0 aliphatic carbocycles. The summed E-state index contributed by atoms with van der Waals surface area (Å²) in [6.45, 7) is 3.26. The van der Waals surface area contributed by atoms with Crippen LogP contribution in [0.2, 0.25) is 0 Å². The highest BCUT2D eigenvalue weighted by Crippen LogP contribution is 2.18. The van der Waals surface area contributed by atoms with Crippen LogP contribution in [-0.2, 0) is 22.6 Å². The molecular formula is C12H18N4O2. The maximum atomic E-state index is 11.9. The molecule has 0 radical (unpaired) electrons. The van der Waals surface area contributed by atoms with Gasteiger partial charge < -0.3 is 15.2 Å². The first-order chi connectivity index (χ1) is 8.66. The van der Waals surface area contributed by atoms with Crippen LogP contribution in [0.15, 0.2) is 12.4 Å². The zero-order valence-electron chi connectivity index (χ0n) is 10.5. The van der Waals surface area contributed by atoms with Gasteiger partial charge in [0.15, 0.2) is 0 Å². The molecule has 2 heterocycles. The van der Waals surface area contributed by atoms with E-state index in [2.05, 4.69) is 20.2 Å². The van der Waals surface area contributed by atoms with Gasteiger partial charge in [-0.05, 0) is 6.42 Å². The molecule has 1 unspecified atom stereocenters. The lowest BCUT2D eigenvalue weighted by Crippen LogP contribution is -2.39. The van der Waals surface area contributed by atoms with Crippen LogP contribution >= 0.6 is 0 Å². The van der Waals surface area contributed by atoms with Crippen LogP contribution in [-0.4, -0.2) is 34.5 Å². The van der Waals surface area contributed by atoms with Crippen molar-refractivity contribution in [3.8, 4) is 0 Å². The Balaban J connectivity index is 1.75. The Labute approximate surface area is 106 Å². The van der Waals surface area contributed by atoms with Crippen LogP contribution in [0, 0.1) is 5.92 Å². The Bertz CT molecular complexity index is 441. The van der Waals surface area contributed by atoms with Gasteiger partial charge in [0.2, 0.25) is 11.8 Å². The zero-order chi connectivity index (χ0) is 13.0. The number of aromatic nitrogens is 2. The van der Waals surface area contributed by atoms with Gasteiger partial charge in [0.1, 0.15) is 5.82 Å². The third-order valence-corrected chi connectivity index (χ3v) is 3.12. The fourth-order valence-corrected chi connectivity index (χ4v) is 2.14. The number of nitrogens with zero attached hydrogens (tertiary/aromatic N) is 2. The van der Waals surface area contributed by atoms with E-state index >= 15 is 0 Å². The average molecular weight is 250 g/mol. The highest BCUT2D eigenvalue weighted by atomic mass is 16.2. The summed E-state index contributed by atoms with van der Waals surface area (Å²) in [4.78, 5) is 26.8. The number of nitrogens with one attached hydrogen (secondary N) is 2. The predicted octanol–water partition coefficient (Wildman–Crippen LogP) is -0.302. The standard InChI is InChI=1S/C12H18N4O2/c1-9(17)13-3-4-15-12(18)10-2-6-16-7-5-14-11(16)8-10/h5,7,10H,2-4,6,8H2,1H3,(H,13,17)(H,15,18). The number of carbonyl (C=O) groups is 2. The van der Waals surface area contributed by atoms with E-state index in [0.717, 1.165) is 18.8 Å². The molecule has 0 bridgehead atoms. The molecule has 0 saturated heterocycles. The zero-order valence-corrected chi connectivity index (χ0v) is 10.5. The van der Waals surface area contributed by atoms with Crippen LogP contribution in [0.5, 0.6) is 0 Å². The van der Waals surface area contributed by atoms with Gasteiger partial charge in [-0.1, -0.05) is 0 Å². The molecule has 1 aliphatic heterocycles. The number of rotatable bonds is 4. The second-order valence-electron chi connectivity index (χ2n) is 4.50. The van der Waals surface area contributed by atoms with E-state index in [1.165, 1.54) is 6.92 Å². The van der Waals surface area contributed by atoms with E-state index in [0.29, 0.717) is 19.5 Å². The van der Waals surface area contributed by atoms with E-state index in [-0.39, 0.29) is 17.7 Å². The number of imidazole rings is 1. The van der Waals surface area contributed by atoms with E-state index in [1.54, 1.807) is 6.20 Å². The van der Waals surface area contributed by atoms with Gasteiger partial charge in [-0.2, -0.15) is 0 Å². The molecule has 2 N–H and O–H groups in total. The van der Waals surface area contributed by atoms with Gasteiger partial charge in [-0.3, -0.25) is 9.59 Å². The Morgan fingerprint density at radius 3 is 3.00 bits per heavy atom. The summed E-state index contributed by atoms with van der Waals surface area (Å²) in [6.07, 6.45) is 5.25. The van der Waals surface area contributed by atoms with Crippen molar-refractivity contribution in [1.82, 2.24) is 20.2 Å². The Kier molecular flexibility index (Phi) is 3.96. The number of aryl methyl sites for hydroxylation is 1. The molecule has 18 heavy (non-hydrogen) atoms. The molecule has 1 aromatic heterocycles. The molecule has 2 rings (SSSR count). The van der Waals surface area contributed by atoms with Crippen molar-refractivity contribution in [1.29, 1.82) is 0 Å². The maximum absolute atomic E-state index is 11.9. The lowest BCUT2D eigenvalue weighted by atomic mass is 9.97. The molecule has 1 aliphatic rings. The Morgan fingerprint density at radius 2 is 2.22 bits per heavy atom. The summed E-state index contributed by atoms with van der Waals surface area (Å²) < 4.78 is 2.08. The smallest absolute Gasteiger partial charge is 0.223 e. The van der Waals surface area contributed by atoms with Crippen LogP contribution in [0.4, 0.5) is 0 Å². The van der Waals surface area contributed by atoms with E-state index in [9.17, 15) is 9.59 Å². The molecule has 0 spiro atoms. The first-order valence-electron chi connectivity index (χ1n) is 6.19. The molecule has 1 aromatic rings.